The van der Waals surface area contributed by atoms with Crippen molar-refractivity contribution in [2.75, 3.05) is 62.4 Å². The minimum atomic E-state index is -0.558. The largest absolute Gasteiger partial charge is 0.378 e. The molecule has 3 aliphatic heterocycles. The summed E-state index contributed by atoms with van der Waals surface area (Å²) in [5, 5.41) is 22.7. The fourth-order valence-electron chi connectivity index (χ4n) is 6.98. The highest BCUT2D eigenvalue weighted by Gasteiger charge is 2.46. The van der Waals surface area contributed by atoms with E-state index in [1.807, 2.05) is 6.92 Å². The molecule has 0 radical (unpaired) electrons. The predicted octanol–water partition coefficient (Wildman–Crippen LogP) is 4.92. The van der Waals surface area contributed by atoms with Crippen molar-refractivity contribution in [3.8, 4) is 0 Å². The van der Waals surface area contributed by atoms with Gasteiger partial charge in [0.1, 0.15) is 6.20 Å². The summed E-state index contributed by atoms with van der Waals surface area (Å²) in [6, 6.07) is 16.4. The molecule has 1 aliphatic carbocycles. The molecule has 2 atom stereocenters. The lowest BCUT2D eigenvalue weighted by Crippen LogP contribution is -2.36. The van der Waals surface area contributed by atoms with Gasteiger partial charge in [0, 0.05) is 50.0 Å². The fourth-order valence-corrected chi connectivity index (χ4v) is 6.98. The van der Waals surface area contributed by atoms with Crippen LogP contribution in [0.4, 0.5) is 17.1 Å². The van der Waals surface area contributed by atoms with Crippen LogP contribution in [0.3, 0.4) is 0 Å². The Morgan fingerprint density at radius 3 is 2.15 bits per heavy atom. The number of nitro groups is 1. The van der Waals surface area contributed by atoms with Crippen LogP contribution in [0.5, 0.6) is 0 Å². The molecule has 1 amide bonds. The summed E-state index contributed by atoms with van der Waals surface area (Å²) in [4.78, 5) is 30.2. The molecule has 46 heavy (non-hydrogen) atoms. The second kappa shape index (κ2) is 13.1. The quantitative estimate of drug-likeness (QED) is 0.268. The molecule has 3 aromatic rings. The first kappa shape index (κ1) is 30.1. The van der Waals surface area contributed by atoms with Gasteiger partial charge >= 0.3 is 11.6 Å². The molecule has 4 heterocycles. The number of carbonyl (C=O) groups excluding carboxylic acids is 1. The number of nitrogens with zero attached hydrogens (tertiary/aromatic N) is 7. The van der Waals surface area contributed by atoms with Gasteiger partial charge in [-0.05, 0) is 73.2 Å². The number of amides is 1. The number of carbonyl (C=O) groups is 1. The van der Waals surface area contributed by atoms with Crippen molar-refractivity contribution >= 4 is 34.8 Å². The summed E-state index contributed by atoms with van der Waals surface area (Å²) in [5.41, 5.74) is 5.77. The maximum Gasteiger partial charge on any atom is 0.320 e. The van der Waals surface area contributed by atoms with Gasteiger partial charge in [-0.3, -0.25) is 19.6 Å². The Morgan fingerprint density at radius 2 is 1.57 bits per heavy atom. The number of aryl methyl sites for hydroxylation is 1. The van der Waals surface area contributed by atoms with Crippen molar-refractivity contribution < 1.29 is 19.2 Å². The highest BCUT2D eigenvalue weighted by atomic mass is 16.6. The predicted molar refractivity (Wildman–Crippen MR) is 175 cm³/mol. The summed E-state index contributed by atoms with van der Waals surface area (Å²) in [7, 11) is 0. The van der Waals surface area contributed by atoms with Gasteiger partial charge in [-0.15, -0.1) is 0 Å². The lowest BCUT2D eigenvalue weighted by atomic mass is 9.77. The Bertz CT molecular complexity index is 1640. The zero-order valence-electron chi connectivity index (χ0n) is 26.1. The zero-order valence-corrected chi connectivity index (χ0v) is 26.1. The third kappa shape index (κ3) is 5.90. The molecule has 2 aromatic carbocycles. The lowest BCUT2D eigenvalue weighted by Gasteiger charge is -2.31. The average Bonchev–Trinajstić information content (AvgIpc) is 3.73. The van der Waals surface area contributed by atoms with Crippen LogP contribution in [0.1, 0.15) is 53.8 Å². The van der Waals surface area contributed by atoms with Crippen molar-refractivity contribution in [3.05, 3.63) is 87.2 Å². The van der Waals surface area contributed by atoms with Crippen molar-refractivity contribution in [3.63, 3.8) is 0 Å². The molecule has 1 saturated carbocycles. The standard InChI is InChI=1S/C34H39N7O5/c1-2-39-23-30(41(43)44)32(35-39)34(42)40-33(25-8-12-28(13-9-25)38-16-20-46-21-17-38)29-5-3-4-26(31(29)36-40)22-24-6-10-27(11-7-24)37-14-18-45-19-15-37/h6-13,22-23,29,33H,2-5,14-21H2,1H3. The van der Waals surface area contributed by atoms with Crippen LogP contribution in [0.15, 0.2) is 65.4 Å². The molecule has 2 unspecified atom stereocenters. The highest BCUT2D eigenvalue weighted by Crippen LogP contribution is 2.45. The van der Waals surface area contributed by atoms with Crippen molar-refractivity contribution in [1.82, 2.24) is 14.8 Å². The van der Waals surface area contributed by atoms with E-state index in [1.165, 1.54) is 21.6 Å². The molecule has 12 nitrogen and oxygen atoms in total. The molecule has 3 fully saturated rings. The van der Waals surface area contributed by atoms with Gasteiger partial charge in [0.05, 0.1) is 43.1 Å². The number of allylic oxidation sites excluding steroid dienone is 1. The third-order valence-corrected chi connectivity index (χ3v) is 9.40. The first-order valence-corrected chi connectivity index (χ1v) is 16.2. The molecule has 0 bridgehead atoms. The van der Waals surface area contributed by atoms with Gasteiger partial charge in [-0.1, -0.05) is 24.3 Å². The van der Waals surface area contributed by atoms with Crippen LogP contribution in [0, 0.1) is 16.0 Å². The van der Waals surface area contributed by atoms with E-state index in [9.17, 15) is 14.9 Å². The van der Waals surface area contributed by atoms with E-state index in [1.54, 1.807) is 0 Å². The molecule has 0 N–H and O–H groups in total. The number of anilines is 2. The maximum absolute atomic E-state index is 14.2. The minimum absolute atomic E-state index is 0.0434. The number of aromatic nitrogens is 2. The second-order valence-electron chi connectivity index (χ2n) is 12.1. The Balaban J connectivity index is 1.23. The summed E-state index contributed by atoms with van der Waals surface area (Å²) in [6.45, 7) is 8.53. The Morgan fingerprint density at radius 1 is 0.957 bits per heavy atom. The van der Waals surface area contributed by atoms with Gasteiger partial charge in [0.2, 0.25) is 5.69 Å². The lowest BCUT2D eigenvalue weighted by molar-refractivity contribution is -0.385. The van der Waals surface area contributed by atoms with E-state index in [-0.39, 0.29) is 17.3 Å². The van der Waals surface area contributed by atoms with Crippen LogP contribution in [-0.4, -0.2) is 83.9 Å². The second-order valence-corrected chi connectivity index (χ2v) is 12.1. The smallest absolute Gasteiger partial charge is 0.320 e. The molecule has 0 spiro atoms. The van der Waals surface area contributed by atoms with Crippen LogP contribution in [-0.2, 0) is 16.0 Å². The number of morpholine rings is 2. The number of rotatable bonds is 7. The van der Waals surface area contributed by atoms with E-state index < -0.39 is 16.9 Å². The van der Waals surface area contributed by atoms with E-state index in [0.717, 1.165) is 86.8 Å². The van der Waals surface area contributed by atoms with Crippen LogP contribution < -0.4 is 9.80 Å². The topological polar surface area (TPSA) is 119 Å². The van der Waals surface area contributed by atoms with Gasteiger partial charge < -0.3 is 19.3 Å². The first-order chi connectivity index (χ1) is 22.5. The highest BCUT2D eigenvalue weighted by molar-refractivity contribution is 6.09. The number of hydrazone groups is 1. The number of ether oxygens (including phenoxy) is 2. The fraction of sp³-hybridized carbons (Fsp3) is 0.441. The number of hydrogen-bond acceptors (Lipinski definition) is 9. The number of benzene rings is 2. The maximum atomic E-state index is 14.2. The molecule has 4 aliphatic rings. The average molecular weight is 626 g/mol. The van der Waals surface area contributed by atoms with Crippen molar-refractivity contribution in [2.45, 2.75) is 38.8 Å². The normalized spacial score (nSPS) is 22.6. The van der Waals surface area contributed by atoms with Gasteiger partial charge in [-0.2, -0.15) is 10.2 Å². The minimum Gasteiger partial charge on any atom is -0.378 e. The molecule has 2 saturated heterocycles. The molecule has 1 aromatic heterocycles. The van der Waals surface area contributed by atoms with Crippen molar-refractivity contribution in [2.24, 2.45) is 11.0 Å². The van der Waals surface area contributed by atoms with E-state index in [2.05, 4.69) is 69.5 Å². The van der Waals surface area contributed by atoms with E-state index >= 15 is 0 Å². The van der Waals surface area contributed by atoms with Crippen molar-refractivity contribution in [1.29, 1.82) is 0 Å². The Kier molecular flexibility index (Phi) is 8.55. The molecule has 240 valence electrons. The molecule has 7 rings (SSSR count). The van der Waals surface area contributed by atoms with Gasteiger partial charge in [0.15, 0.2) is 0 Å². The monoisotopic (exact) mass is 625 g/mol. The van der Waals surface area contributed by atoms with Gasteiger partial charge in [0.25, 0.3) is 0 Å². The van der Waals surface area contributed by atoms with E-state index in [0.29, 0.717) is 19.8 Å². The van der Waals surface area contributed by atoms with Crippen LogP contribution in [0.25, 0.3) is 6.08 Å². The summed E-state index contributed by atoms with van der Waals surface area (Å²) in [5.74, 6) is -0.601. The van der Waals surface area contributed by atoms with E-state index in [4.69, 9.17) is 14.6 Å². The number of hydrogen-bond donors (Lipinski definition) is 0. The SMILES string of the molecule is CCn1cc([N+](=O)[O-])c(C(=O)N2N=C3C(=Cc4ccc(N5CCOCC5)cc4)CCCC3C2c2ccc(N3CCOCC3)cc2)n1. The third-order valence-electron chi connectivity index (χ3n) is 9.40. The molecular formula is C34H39N7O5. The van der Waals surface area contributed by atoms with Gasteiger partial charge in [-0.25, -0.2) is 5.01 Å². The number of fused-ring (bicyclic) bond motifs is 1. The summed E-state index contributed by atoms with van der Waals surface area (Å²) < 4.78 is 12.5. The molecular weight excluding hydrogens is 586 g/mol. The molecule has 12 heteroatoms. The van der Waals surface area contributed by atoms with Crippen LogP contribution >= 0.6 is 0 Å². The summed E-state index contributed by atoms with van der Waals surface area (Å²) >= 11 is 0. The summed E-state index contributed by atoms with van der Waals surface area (Å²) in [6.07, 6.45) is 6.15. The Hall–Kier alpha value is -4.55. The Labute approximate surface area is 268 Å². The first-order valence-electron chi connectivity index (χ1n) is 16.2. The van der Waals surface area contributed by atoms with Crippen LogP contribution in [0.2, 0.25) is 0 Å². The zero-order chi connectivity index (χ0) is 31.6.